The summed E-state index contributed by atoms with van der Waals surface area (Å²) in [7, 11) is 0. The molecule has 0 aliphatic rings. The fraction of sp³-hybridized carbons (Fsp3) is 0. The highest BCUT2D eigenvalue weighted by Crippen LogP contribution is 2.23. The summed E-state index contributed by atoms with van der Waals surface area (Å²) >= 11 is 0. The maximum atomic E-state index is 12.4. The van der Waals surface area contributed by atoms with E-state index in [9.17, 15) is 19.7 Å². The van der Waals surface area contributed by atoms with Crippen LogP contribution in [0.2, 0.25) is 0 Å². The smallest absolute Gasteiger partial charge is 0.344 e. The maximum absolute atomic E-state index is 12.4. The number of fused-ring (bicyclic) bond motifs is 1. The van der Waals surface area contributed by atoms with Gasteiger partial charge in [-0.3, -0.25) is 14.9 Å². The van der Waals surface area contributed by atoms with Gasteiger partial charge in [0.05, 0.1) is 10.5 Å². The van der Waals surface area contributed by atoms with Gasteiger partial charge in [-0.05, 0) is 41.5 Å². The van der Waals surface area contributed by atoms with Crippen LogP contribution in [-0.4, -0.2) is 10.8 Å². The number of nitro benzene ring substituents is 1. The molecule has 0 fully saturated rings. The van der Waals surface area contributed by atoms with Crippen LogP contribution in [0, 0.1) is 10.1 Å². The molecule has 0 aliphatic carbocycles. The fourth-order valence-corrected chi connectivity index (χ4v) is 3.13. The molecule has 1 aromatic heterocycles. The van der Waals surface area contributed by atoms with Crippen LogP contribution < -0.4 is 10.9 Å². The van der Waals surface area contributed by atoms with Crippen molar-refractivity contribution >= 4 is 34.3 Å². The first-order valence-corrected chi connectivity index (χ1v) is 9.36. The molecule has 0 atom stereocenters. The lowest BCUT2D eigenvalue weighted by atomic mass is 10.1. The van der Waals surface area contributed by atoms with Gasteiger partial charge in [0.2, 0.25) is 5.91 Å². The number of nitrogens with zero attached hydrogens (tertiary/aromatic N) is 1. The normalized spacial score (nSPS) is 11.0. The molecule has 0 bridgehead atoms. The third-order valence-electron chi connectivity index (χ3n) is 4.59. The number of rotatable bonds is 5. The van der Waals surface area contributed by atoms with Gasteiger partial charge in [-0.1, -0.05) is 42.5 Å². The lowest BCUT2D eigenvalue weighted by Gasteiger charge is -2.06. The number of anilines is 1. The standard InChI is InChI=1S/C24H16N2O5/c27-23(12-11-16-5-3-9-20(13-16)26(29)30)25-19-8-4-7-17(14-19)21-15-18-6-1-2-10-22(18)31-24(21)28/h1-15H,(H,25,27)/b12-11+. The summed E-state index contributed by atoms with van der Waals surface area (Å²) in [5.41, 5.74) is 2.02. The molecule has 0 saturated heterocycles. The van der Waals surface area contributed by atoms with E-state index in [4.69, 9.17) is 4.42 Å². The molecule has 31 heavy (non-hydrogen) atoms. The summed E-state index contributed by atoms with van der Waals surface area (Å²) in [5.74, 6) is -0.408. The Balaban J connectivity index is 1.54. The molecule has 1 N–H and O–H groups in total. The van der Waals surface area contributed by atoms with E-state index in [1.165, 1.54) is 24.3 Å². The topological polar surface area (TPSA) is 102 Å². The maximum Gasteiger partial charge on any atom is 0.344 e. The van der Waals surface area contributed by atoms with Crippen LogP contribution in [0.3, 0.4) is 0 Å². The van der Waals surface area contributed by atoms with Crippen LogP contribution in [0.5, 0.6) is 0 Å². The minimum absolute atomic E-state index is 0.0514. The van der Waals surface area contributed by atoms with Gasteiger partial charge >= 0.3 is 5.63 Å². The third-order valence-corrected chi connectivity index (χ3v) is 4.59. The van der Waals surface area contributed by atoms with Gasteiger partial charge in [-0.25, -0.2) is 4.79 Å². The van der Waals surface area contributed by atoms with Crippen LogP contribution >= 0.6 is 0 Å². The van der Waals surface area contributed by atoms with Crippen molar-refractivity contribution in [1.82, 2.24) is 0 Å². The van der Waals surface area contributed by atoms with Crippen molar-refractivity contribution in [2.24, 2.45) is 0 Å². The molecule has 0 radical (unpaired) electrons. The van der Waals surface area contributed by atoms with Gasteiger partial charge in [0.1, 0.15) is 5.58 Å². The van der Waals surface area contributed by atoms with E-state index >= 15 is 0 Å². The van der Waals surface area contributed by atoms with Gasteiger partial charge in [0, 0.05) is 29.3 Å². The Bertz CT molecular complexity index is 1390. The zero-order chi connectivity index (χ0) is 21.8. The molecule has 4 aromatic rings. The summed E-state index contributed by atoms with van der Waals surface area (Å²) in [6.45, 7) is 0. The van der Waals surface area contributed by atoms with Crippen molar-refractivity contribution < 1.29 is 14.1 Å². The van der Waals surface area contributed by atoms with E-state index in [2.05, 4.69) is 5.32 Å². The van der Waals surface area contributed by atoms with Gasteiger partial charge in [-0.2, -0.15) is 0 Å². The number of nitro groups is 1. The van der Waals surface area contributed by atoms with E-state index < -0.39 is 16.5 Å². The first-order valence-electron chi connectivity index (χ1n) is 9.36. The highest BCUT2D eigenvalue weighted by atomic mass is 16.6. The summed E-state index contributed by atoms with van der Waals surface area (Å²) in [4.78, 5) is 35.0. The molecule has 1 amide bonds. The molecule has 7 heteroatoms. The zero-order valence-electron chi connectivity index (χ0n) is 16.1. The lowest BCUT2D eigenvalue weighted by molar-refractivity contribution is -0.384. The highest BCUT2D eigenvalue weighted by Gasteiger charge is 2.09. The Kier molecular flexibility index (Phi) is 5.40. The second-order valence-electron chi connectivity index (χ2n) is 6.74. The number of non-ortho nitro benzene ring substituents is 1. The van der Waals surface area contributed by atoms with Crippen LogP contribution in [0.25, 0.3) is 28.2 Å². The number of hydrogen-bond acceptors (Lipinski definition) is 5. The Morgan fingerprint density at radius 1 is 0.968 bits per heavy atom. The third kappa shape index (κ3) is 4.56. The Morgan fingerprint density at radius 2 is 1.77 bits per heavy atom. The predicted molar refractivity (Wildman–Crippen MR) is 119 cm³/mol. The molecule has 152 valence electrons. The Labute approximate surface area is 176 Å². The number of nitrogens with one attached hydrogen (secondary N) is 1. The second-order valence-corrected chi connectivity index (χ2v) is 6.74. The average Bonchev–Trinajstić information content (AvgIpc) is 2.77. The van der Waals surface area contributed by atoms with Crippen LogP contribution in [-0.2, 0) is 4.79 Å². The predicted octanol–water partition coefficient (Wildman–Crippen LogP) is 5.02. The van der Waals surface area contributed by atoms with Gasteiger partial charge in [0.15, 0.2) is 0 Å². The molecule has 0 saturated carbocycles. The summed E-state index contributed by atoms with van der Waals surface area (Å²) < 4.78 is 5.38. The molecule has 1 heterocycles. The monoisotopic (exact) mass is 412 g/mol. The van der Waals surface area contributed by atoms with Gasteiger partial charge in [-0.15, -0.1) is 0 Å². The first-order chi connectivity index (χ1) is 15.0. The van der Waals surface area contributed by atoms with Crippen molar-refractivity contribution in [3.05, 3.63) is 111 Å². The number of para-hydroxylation sites is 1. The van der Waals surface area contributed by atoms with Crippen LogP contribution in [0.1, 0.15) is 5.56 Å². The second kappa shape index (κ2) is 8.46. The zero-order valence-corrected chi connectivity index (χ0v) is 16.1. The largest absolute Gasteiger partial charge is 0.422 e. The average molecular weight is 412 g/mol. The van der Waals surface area contributed by atoms with Crippen molar-refractivity contribution in [3.8, 4) is 11.1 Å². The van der Waals surface area contributed by atoms with Crippen molar-refractivity contribution in [2.75, 3.05) is 5.32 Å². The SMILES string of the molecule is O=C(/C=C/c1cccc([N+](=O)[O-])c1)Nc1cccc(-c2cc3ccccc3oc2=O)c1. The van der Waals surface area contributed by atoms with E-state index in [0.717, 1.165) is 5.39 Å². The fourth-order valence-electron chi connectivity index (χ4n) is 3.13. The molecular formula is C24H16N2O5. The van der Waals surface area contributed by atoms with E-state index in [1.54, 1.807) is 54.6 Å². The number of carbonyl (C=O) groups is 1. The quantitative estimate of drug-likeness (QED) is 0.215. The summed E-state index contributed by atoms with van der Waals surface area (Å²) in [5, 5.41) is 14.4. The minimum Gasteiger partial charge on any atom is -0.422 e. The summed E-state index contributed by atoms with van der Waals surface area (Å²) in [6.07, 6.45) is 2.78. The van der Waals surface area contributed by atoms with E-state index in [-0.39, 0.29) is 5.69 Å². The van der Waals surface area contributed by atoms with Gasteiger partial charge in [0.25, 0.3) is 5.69 Å². The Morgan fingerprint density at radius 3 is 2.61 bits per heavy atom. The molecule has 0 aliphatic heterocycles. The molecule has 0 unspecified atom stereocenters. The first kappa shape index (κ1) is 19.8. The van der Waals surface area contributed by atoms with Crippen molar-refractivity contribution in [2.45, 2.75) is 0 Å². The van der Waals surface area contributed by atoms with Crippen molar-refractivity contribution in [3.63, 3.8) is 0 Å². The van der Waals surface area contributed by atoms with E-state index in [0.29, 0.717) is 28.0 Å². The Hall–Kier alpha value is -4.52. The van der Waals surface area contributed by atoms with Gasteiger partial charge < -0.3 is 9.73 Å². The number of carbonyl (C=O) groups excluding carboxylic acids is 1. The molecule has 4 rings (SSSR count). The summed E-state index contributed by atoms with van der Waals surface area (Å²) in [6, 6.07) is 21.8. The van der Waals surface area contributed by atoms with Crippen molar-refractivity contribution in [1.29, 1.82) is 0 Å². The number of amides is 1. The molecule has 3 aromatic carbocycles. The highest BCUT2D eigenvalue weighted by molar-refractivity contribution is 6.02. The number of benzene rings is 3. The van der Waals surface area contributed by atoms with E-state index in [1.807, 2.05) is 12.1 Å². The number of hydrogen-bond donors (Lipinski definition) is 1. The molecular weight excluding hydrogens is 396 g/mol. The molecule has 0 spiro atoms. The molecule has 7 nitrogen and oxygen atoms in total. The lowest BCUT2D eigenvalue weighted by Crippen LogP contribution is -2.08. The van der Waals surface area contributed by atoms with Crippen LogP contribution in [0.4, 0.5) is 11.4 Å². The van der Waals surface area contributed by atoms with Crippen LogP contribution in [0.15, 0.2) is 94.2 Å². The minimum atomic E-state index is -0.494.